The highest BCUT2D eigenvalue weighted by atomic mass is 35.5. The highest BCUT2D eigenvalue weighted by molar-refractivity contribution is 6.30. The Bertz CT molecular complexity index is 326. The summed E-state index contributed by atoms with van der Waals surface area (Å²) in [6.45, 7) is 0.948. The number of anilines is 1. The third-order valence-electron chi connectivity index (χ3n) is 2.36. The van der Waals surface area contributed by atoms with Crippen molar-refractivity contribution in [1.29, 1.82) is 0 Å². The standard InChI is InChI=1S/C10H10ClNO/c11-8-2-1-3-9(6-8)12-5-4-10(12)7-13/h1-3,6-7,10H,4-5H2. The molecule has 0 radical (unpaired) electrons. The van der Waals surface area contributed by atoms with Crippen molar-refractivity contribution in [2.24, 2.45) is 0 Å². The molecule has 0 amide bonds. The Kier molecular flexibility index (Phi) is 2.23. The molecular formula is C10H10ClNO. The molecule has 0 aliphatic carbocycles. The fourth-order valence-electron chi connectivity index (χ4n) is 1.52. The predicted octanol–water partition coefficient (Wildman–Crippen LogP) is 2.12. The van der Waals surface area contributed by atoms with Crippen LogP contribution < -0.4 is 4.90 Å². The maximum absolute atomic E-state index is 10.6. The van der Waals surface area contributed by atoms with E-state index in [2.05, 4.69) is 4.90 Å². The molecular weight excluding hydrogens is 186 g/mol. The van der Waals surface area contributed by atoms with Gasteiger partial charge in [0.05, 0.1) is 6.04 Å². The van der Waals surface area contributed by atoms with Gasteiger partial charge in [0.1, 0.15) is 6.29 Å². The molecule has 1 aliphatic rings. The lowest BCUT2D eigenvalue weighted by molar-refractivity contribution is -0.109. The van der Waals surface area contributed by atoms with E-state index in [1.807, 2.05) is 24.3 Å². The monoisotopic (exact) mass is 195 g/mol. The van der Waals surface area contributed by atoms with Gasteiger partial charge in [0, 0.05) is 17.3 Å². The molecule has 1 aromatic carbocycles. The molecule has 1 fully saturated rings. The van der Waals surface area contributed by atoms with Crippen LogP contribution in [0.4, 0.5) is 5.69 Å². The van der Waals surface area contributed by atoms with Crippen molar-refractivity contribution >= 4 is 23.6 Å². The lowest BCUT2D eigenvalue weighted by Crippen LogP contribution is -2.48. The van der Waals surface area contributed by atoms with E-state index in [4.69, 9.17) is 11.6 Å². The van der Waals surface area contributed by atoms with E-state index in [-0.39, 0.29) is 6.04 Å². The summed E-state index contributed by atoms with van der Waals surface area (Å²) >= 11 is 5.85. The third-order valence-corrected chi connectivity index (χ3v) is 2.60. The van der Waals surface area contributed by atoms with Gasteiger partial charge in [0.25, 0.3) is 0 Å². The number of carbonyl (C=O) groups is 1. The number of hydrogen-bond donors (Lipinski definition) is 0. The number of carbonyl (C=O) groups excluding carboxylic acids is 1. The predicted molar refractivity (Wildman–Crippen MR) is 53.3 cm³/mol. The van der Waals surface area contributed by atoms with Crippen molar-refractivity contribution in [2.45, 2.75) is 12.5 Å². The van der Waals surface area contributed by atoms with E-state index in [0.29, 0.717) is 5.02 Å². The Morgan fingerprint density at radius 3 is 2.92 bits per heavy atom. The molecule has 1 aliphatic heterocycles. The lowest BCUT2D eigenvalue weighted by Gasteiger charge is -2.39. The number of aldehydes is 1. The van der Waals surface area contributed by atoms with Crippen LogP contribution in [-0.4, -0.2) is 18.9 Å². The van der Waals surface area contributed by atoms with Gasteiger partial charge in [-0.3, -0.25) is 0 Å². The summed E-state index contributed by atoms with van der Waals surface area (Å²) < 4.78 is 0. The Hall–Kier alpha value is -1.02. The molecule has 0 spiro atoms. The van der Waals surface area contributed by atoms with Gasteiger partial charge in [-0.15, -0.1) is 0 Å². The van der Waals surface area contributed by atoms with Gasteiger partial charge in [-0.05, 0) is 24.6 Å². The van der Waals surface area contributed by atoms with Crippen LogP contribution in [0.2, 0.25) is 5.02 Å². The first-order valence-corrected chi connectivity index (χ1v) is 4.66. The minimum absolute atomic E-state index is 0.0541. The SMILES string of the molecule is O=CC1CCN1c1cccc(Cl)c1. The summed E-state index contributed by atoms with van der Waals surface area (Å²) in [5, 5.41) is 0.717. The molecule has 0 bridgehead atoms. The smallest absolute Gasteiger partial charge is 0.142 e. The first-order valence-electron chi connectivity index (χ1n) is 4.29. The molecule has 1 saturated heterocycles. The fourth-order valence-corrected chi connectivity index (χ4v) is 1.71. The Labute approximate surface area is 82.1 Å². The molecule has 1 atom stereocenters. The maximum atomic E-state index is 10.6. The van der Waals surface area contributed by atoms with Crippen LogP contribution in [0.15, 0.2) is 24.3 Å². The van der Waals surface area contributed by atoms with Crippen molar-refractivity contribution in [3.63, 3.8) is 0 Å². The number of nitrogens with zero attached hydrogens (tertiary/aromatic N) is 1. The molecule has 1 heterocycles. The summed E-state index contributed by atoms with van der Waals surface area (Å²) in [5.74, 6) is 0. The van der Waals surface area contributed by atoms with Crippen LogP contribution in [0.5, 0.6) is 0 Å². The van der Waals surface area contributed by atoms with Gasteiger partial charge in [0.2, 0.25) is 0 Å². The second-order valence-corrected chi connectivity index (χ2v) is 3.60. The highest BCUT2D eigenvalue weighted by Gasteiger charge is 2.27. The maximum Gasteiger partial charge on any atom is 0.142 e. The minimum atomic E-state index is 0.0541. The zero-order valence-electron chi connectivity index (χ0n) is 7.11. The third kappa shape index (κ3) is 1.54. The molecule has 0 aromatic heterocycles. The second kappa shape index (κ2) is 3.38. The van der Waals surface area contributed by atoms with E-state index in [1.54, 1.807) is 0 Å². The minimum Gasteiger partial charge on any atom is -0.362 e. The molecule has 68 valence electrons. The van der Waals surface area contributed by atoms with Crippen LogP contribution in [-0.2, 0) is 4.79 Å². The summed E-state index contributed by atoms with van der Waals surface area (Å²) in [5.41, 5.74) is 1.04. The Morgan fingerprint density at radius 2 is 2.38 bits per heavy atom. The van der Waals surface area contributed by atoms with Gasteiger partial charge in [-0.25, -0.2) is 0 Å². The molecule has 3 heteroatoms. The van der Waals surface area contributed by atoms with Crippen molar-refractivity contribution in [3.05, 3.63) is 29.3 Å². The zero-order chi connectivity index (χ0) is 9.26. The first-order chi connectivity index (χ1) is 6.31. The van der Waals surface area contributed by atoms with Crippen LogP contribution in [0.1, 0.15) is 6.42 Å². The van der Waals surface area contributed by atoms with Gasteiger partial charge < -0.3 is 9.69 Å². The summed E-state index contributed by atoms with van der Waals surface area (Å²) in [6.07, 6.45) is 1.94. The summed E-state index contributed by atoms with van der Waals surface area (Å²) in [4.78, 5) is 12.6. The van der Waals surface area contributed by atoms with E-state index in [0.717, 1.165) is 24.9 Å². The average molecular weight is 196 g/mol. The lowest BCUT2D eigenvalue weighted by atomic mass is 10.0. The van der Waals surface area contributed by atoms with Crippen molar-refractivity contribution in [1.82, 2.24) is 0 Å². The van der Waals surface area contributed by atoms with Gasteiger partial charge in [-0.2, -0.15) is 0 Å². The average Bonchev–Trinajstić information content (AvgIpc) is 2.03. The molecule has 2 rings (SSSR count). The number of hydrogen-bond acceptors (Lipinski definition) is 2. The van der Waals surface area contributed by atoms with Crippen LogP contribution in [0, 0.1) is 0 Å². The van der Waals surface area contributed by atoms with E-state index < -0.39 is 0 Å². The van der Waals surface area contributed by atoms with Crippen molar-refractivity contribution in [3.8, 4) is 0 Å². The molecule has 1 aromatic rings. The Balaban J connectivity index is 2.21. The quantitative estimate of drug-likeness (QED) is 0.674. The summed E-state index contributed by atoms with van der Waals surface area (Å²) in [7, 11) is 0. The topological polar surface area (TPSA) is 20.3 Å². The first kappa shape index (κ1) is 8.57. The summed E-state index contributed by atoms with van der Waals surface area (Å²) in [6, 6.07) is 7.65. The fraction of sp³-hybridized carbons (Fsp3) is 0.300. The van der Waals surface area contributed by atoms with Crippen LogP contribution in [0.25, 0.3) is 0 Å². The molecule has 13 heavy (non-hydrogen) atoms. The van der Waals surface area contributed by atoms with E-state index in [9.17, 15) is 4.79 Å². The Morgan fingerprint density at radius 1 is 1.54 bits per heavy atom. The van der Waals surface area contributed by atoms with E-state index >= 15 is 0 Å². The highest BCUT2D eigenvalue weighted by Crippen LogP contribution is 2.27. The van der Waals surface area contributed by atoms with E-state index in [1.165, 1.54) is 0 Å². The van der Waals surface area contributed by atoms with Crippen molar-refractivity contribution in [2.75, 3.05) is 11.4 Å². The molecule has 1 unspecified atom stereocenters. The van der Waals surface area contributed by atoms with Crippen LogP contribution >= 0.6 is 11.6 Å². The normalized spacial score (nSPS) is 21.0. The second-order valence-electron chi connectivity index (χ2n) is 3.17. The largest absolute Gasteiger partial charge is 0.362 e. The number of rotatable bonds is 2. The molecule has 0 saturated carbocycles. The molecule has 0 N–H and O–H groups in total. The van der Waals surface area contributed by atoms with Crippen molar-refractivity contribution < 1.29 is 4.79 Å². The number of benzene rings is 1. The van der Waals surface area contributed by atoms with Gasteiger partial charge in [0.15, 0.2) is 0 Å². The van der Waals surface area contributed by atoms with Gasteiger partial charge in [-0.1, -0.05) is 17.7 Å². The molecule has 2 nitrogen and oxygen atoms in total. The van der Waals surface area contributed by atoms with Gasteiger partial charge >= 0.3 is 0 Å². The number of halogens is 1. The van der Waals surface area contributed by atoms with Crippen LogP contribution in [0.3, 0.4) is 0 Å². The zero-order valence-corrected chi connectivity index (χ0v) is 7.87.